The van der Waals surface area contributed by atoms with Crippen molar-refractivity contribution in [1.82, 2.24) is 9.88 Å². The Balaban J connectivity index is 1.74. The van der Waals surface area contributed by atoms with E-state index in [0.717, 1.165) is 21.7 Å². The zero-order valence-electron chi connectivity index (χ0n) is 15.6. The summed E-state index contributed by atoms with van der Waals surface area (Å²) in [6.07, 6.45) is 1.66. The van der Waals surface area contributed by atoms with Crippen LogP contribution in [0.4, 0.5) is 5.69 Å². The van der Waals surface area contributed by atoms with E-state index in [1.807, 2.05) is 61.7 Å². The molecular weight excluding hydrogens is 370 g/mol. The van der Waals surface area contributed by atoms with Crippen LogP contribution in [-0.4, -0.2) is 21.7 Å². The Morgan fingerprint density at radius 1 is 1.04 bits per heavy atom. The highest BCUT2D eigenvalue weighted by Gasteiger charge is 2.40. The minimum Gasteiger partial charge on any atom is -0.350 e. The van der Waals surface area contributed by atoms with Crippen molar-refractivity contribution in [2.45, 2.75) is 20.4 Å². The van der Waals surface area contributed by atoms with Crippen LogP contribution in [-0.2, 0) is 16.1 Å². The summed E-state index contributed by atoms with van der Waals surface area (Å²) in [7, 11) is 0. The first kappa shape index (κ1) is 18.1. The van der Waals surface area contributed by atoms with Crippen molar-refractivity contribution < 1.29 is 9.59 Å². The average Bonchev–Trinajstić information content (AvgIpc) is 3.29. The molecule has 3 aromatic rings. The minimum atomic E-state index is -0.333. The lowest BCUT2D eigenvalue weighted by molar-refractivity contribution is -0.137. The van der Waals surface area contributed by atoms with Crippen LogP contribution in [0.25, 0.3) is 5.57 Å². The van der Waals surface area contributed by atoms with E-state index >= 15 is 0 Å². The van der Waals surface area contributed by atoms with Gasteiger partial charge in [0.15, 0.2) is 0 Å². The molecular formula is C22H19N3O2S. The molecule has 0 fully saturated rings. The van der Waals surface area contributed by atoms with Crippen molar-refractivity contribution in [2.75, 3.05) is 5.32 Å². The van der Waals surface area contributed by atoms with Gasteiger partial charge in [-0.3, -0.25) is 19.5 Å². The molecule has 6 heteroatoms. The lowest BCUT2D eigenvalue weighted by Crippen LogP contribution is -2.32. The van der Waals surface area contributed by atoms with Crippen LogP contribution in [0.2, 0.25) is 0 Å². The van der Waals surface area contributed by atoms with Gasteiger partial charge in [0.25, 0.3) is 11.8 Å². The Bertz CT molecular complexity index is 1070. The quantitative estimate of drug-likeness (QED) is 0.666. The first-order valence-corrected chi connectivity index (χ1v) is 9.81. The lowest BCUT2D eigenvalue weighted by Gasteiger charge is -2.15. The number of pyridine rings is 1. The van der Waals surface area contributed by atoms with Gasteiger partial charge in [-0.1, -0.05) is 24.3 Å². The zero-order valence-corrected chi connectivity index (χ0v) is 16.4. The van der Waals surface area contributed by atoms with Crippen LogP contribution < -0.4 is 5.32 Å². The van der Waals surface area contributed by atoms with Crippen molar-refractivity contribution in [3.63, 3.8) is 0 Å². The summed E-state index contributed by atoms with van der Waals surface area (Å²) < 4.78 is 0. The summed E-state index contributed by atoms with van der Waals surface area (Å²) in [4.78, 5) is 32.6. The summed E-state index contributed by atoms with van der Waals surface area (Å²) in [5, 5.41) is 5.14. The first-order chi connectivity index (χ1) is 13.5. The Labute approximate surface area is 167 Å². The number of hydrogen-bond acceptors (Lipinski definition) is 5. The van der Waals surface area contributed by atoms with Gasteiger partial charge in [-0.25, -0.2) is 0 Å². The molecule has 1 aliphatic rings. The zero-order chi connectivity index (χ0) is 19.7. The van der Waals surface area contributed by atoms with Crippen LogP contribution in [0, 0.1) is 13.8 Å². The van der Waals surface area contributed by atoms with Gasteiger partial charge in [0.2, 0.25) is 0 Å². The van der Waals surface area contributed by atoms with Crippen LogP contribution in [0.15, 0.2) is 65.8 Å². The van der Waals surface area contributed by atoms with E-state index < -0.39 is 0 Å². The number of benzene rings is 1. The van der Waals surface area contributed by atoms with E-state index in [9.17, 15) is 9.59 Å². The molecule has 0 saturated heterocycles. The molecule has 28 heavy (non-hydrogen) atoms. The molecule has 0 radical (unpaired) electrons. The highest BCUT2D eigenvalue weighted by molar-refractivity contribution is 7.11. The molecule has 0 atom stereocenters. The second-order valence-corrected chi connectivity index (χ2v) is 7.64. The topological polar surface area (TPSA) is 62.3 Å². The Kier molecular flexibility index (Phi) is 4.79. The fraction of sp³-hybridized carbons (Fsp3) is 0.136. The van der Waals surface area contributed by atoms with Crippen LogP contribution in [0.3, 0.4) is 0 Å². The van der Waals surface area contributed by atoms with E-state index in [2.05, 4.69) is 10.3 Å². The number of aromatic nitrogens is 1. The molecule has 0 bridgehead atoms. The predicted octanol–water partition coefficient (Wildman–Crippen LogP) is 4.15. The van der Waals surface area contributed by atoms with Crippen LogP contribution in [0.5, 0.6) is 0 Å². The fourth-order valence-electron chi connectivity index (χ4n) is 3.14. The maximum Gasteiger partial charge on any atom is 0.278 e. The number of nitrogens with zero attached hydrogens (tertiary/aromatic N) is 2. The van der Waals surface area contributed by atoms with Gasteiger partial charge >= 0.3 is 0 Å². The standard InChI is InChI=1S/C22H19N3O2S/c1-14-8-9-15(2)17(12-14)24-20-19(18-7-5-11-28-18)21(26)25(22(20)27)13-16-6-3-4-10-23-16/h3-12,24H,13H2,1-2H3. The maximum absolute atomic E-state index is 13.2. The van der Waals surface area contributed by atoms with E-state index in [4.69, 9.17) is 0 Å². The van der Waals surface area contributed by atoms with E-state index in [-0.39, 0.29) is 18.4 Å². The third kappa shape index (κ3) is 3.34. The van der Waals surface area contributed by atoms with Crippen LogP contribution >= 0.6 is 11.3 Å². The van der Waals surface area contributed by atoms with Crippen molar-refractivity contribution in [2.24, 2.45) is 0 Å². The monoisotopic (exact) mass is 389 g/mol. The number of hydrogen-bond donors (Lipinski definition) is 1. The number of amides is 2. The second-order valence-electron chi connectivity index (χ2n) is 6.69. The summed E-state index contributed by atoms with van der Waals surface area (Å²) >= 11 is 1.44. The Morgan fingerprint density at radius 2 is 1.89 bits per heavy atom. The fourth-order valence-corrected chi connectivity index (χ4v) is 3.91. The van der Waals surface area contributed by atoms with Gasteiger partial charge in [0, 0.05) is 16.8 Å². The number of aryl methyl sites for hydroxylation is 2. The van der Waals surface area contributed by atoms with Crippen molar-refractivity contribution in [1.29, 1.82) is 0 Å². The van der Waals surface area contributed by atoms with Gasteiger partial charge < -0.3 is 5.32 Å². The molecule has 0 saturated carbocycles. The largest absolute Gasteiger partial charge is 0.350 e. The third-order valence-electron chi connectivity index (χ3n) is 4.63. The molecule has 1 aromatic carbocycles. The van der Waals surface area contributed by atoms with E-state index in [1.165, 1.54) is 16.2 Å². The molecule has 4 rings (SSSR count). The molecule has 0 spiro atoms. The first-order valence-electron chi connectivity index (χ1n) is 8.93. The number of imide groups is 1. The molecule has 2 amide bonds. The predicted molar refractivity (Wildman–Crippen MR) is 111 cm³/mol. The summed E-state index contributed by atoms with van der Waals surface area (Å²) in [6.45, 7) is 4.11. The van der Waals surface area contributed by atoms with E-state index in [0.29, 0.717) is 17.0 Å². The van der Waals surface area contributed by atoms with Gasteiger partial charge in [-0.2, -0.15) is 0 Å². The number of thiophene rings is 1. The number of rotatable bonds is 5. The number of carbonyl (C=O) groups excluding carboxylic acids is 2. The van der Waals surface area contributed by atoms with Crippen LogP contribution in [0.1, 0.15) is 21.7 Å². The summed E-state index contributed by atoms with van der Waals surface area (Å²) in [5.74, 6) is -0.633. The van der Waals surface area contributed by atoms with Gasteiger partial charge in [0.05, 0.1) is 17.8 Å². The maximum atomic E-state index is 13.2. The Morgan fingerprint density at radius 3 is 2.61 bits per heavy atom. The normalized spacial score (nSPS) is 14.1. The number of nitrogens with one attached hydrogen (secondary N) is 1. The van der Waals surface area contributed by atoms with Crippen molar-refractivity contribution in [3.05, 3.63) is 87.5 Å². The number of anilines is 1. The van der Waals surface area contributed by atoms with Gasteiger partial charge in [-0.15, -0.1) is 11.3 Å². The Hall–Kier alpha value is -3.25. The highest BCUT2D eigenvalue weighted by Crippen LogP contribution is 2.34. The lowest BCUT2D eigenvalue weighted by atomic mass is 10.1. The third-order valence-corrected chi connectivity index (χ3v) is 5.52. The molecule has 2 aromatic heterocycles. The second kappa shape index (κ2) is 7.40. The molecule has 1 aliphatic heterocycles. The average molecular weight is 389 g/mol. The highest BCUT2D eigenvalue weighted by atomic mass is 32.1. The summed E-state index contributed by atoms with van der Waals surface area (Å²) in [5.41, 5.74) is 4.31. The molecule has 1 N–H and O–H groups in total. The summed E-state index contributed by atoms with van der Waals surface area (Å²) in [6, 6.07) is 15.2. The van der Waals surface area contributed by atoms with E-state index in [1.54, 1.807) is 12.3 Å². The SMILES string of the molecule is Cc1ccc(C)c(NC2=C(c3cccs3)C(=O)N(Cc3ccccn3)C2=O)c1. The van der Waals surface area contributed by atoms with Crippen molar-refractivity contribution >= 4 is 34.4 Å². The number of carbonyl (C=O) groups is 2. The molecule has 0 aliphatic carbocycles. The van der Waals surface area contributed by atoms with Gasteiger partial charge in [0.1, 0.15) is 5.70 Å². The molecule has 0 unspecified atom stereocenters. The molecule has 3 heterocycles. The minimum absolute atomic E-state index is 0.144. The molecule has 140 valence electrons. The molecule has 5 nitrogen and oxygen atoms in total. The smallest absolute Gasteiger partial charge is 0.278 e. The van der Waals surface area contributed by atoms with Crippen molar-refractivity contribution in [3.8, 4) is 0 Å². The van der Waals surface area contributed by atoms with Gasteiger partial charge in [-0.05, 0) is 54.6 Å².